The Morgan fingerprint density at radius 2 is 1.83 bits per heavy atom. The summed E-state index contributed by atoms with van der Waals surface area (Å²) in [7, 11) is 0. The molecule has 214 valence electrons. The standard InChI is InChI=1S/C29H25N5O7S/c1-16(35)34(32-23(29(39)40)10-11-42-2)24-14-25-21(13-19(24)18-6-4-3-5-7-18)26(33-41-25)27(36)31-22-9-8-17(15-30)12-20(22)28(37)38/h3-9,12-14,23,32H,10-11H2,1-2H3,(H,31,36)(H,37,38)(H,39,40)/t23-/m0/s1. The van der Waals surface area contributed by atoms with Crippen molar-refractivity contribution in [3.63, 3.8) is 0 Å². The van der Waals surface area contributed by atoms with Crippen LogP contribution < -0.4 is 15.8 Å². The maximum atomic E-state index is 13.3. The van der Waals surface area contributed by atoms with Crippen molar-refractivity contribution < 1.29 is 33.9 Å². The number of nitrogens with one attached hydrogen (secondary N) is 2. The molecule has 1 heterocycles. The lowest BCUT2D eigenvalue weighted by molar-refractivity contribution is -0.139. The van der Waals surface area contributed by atoms with Crippen LogP contribution in [0.1, 0.15) is 39.8 Å². The van der Waals surface area contributed by atoms with Gasteiger partial charge in [0.25, 0.3) is 5.91 Å². The highest BCUT2D eigenvalue weighted by atomic mass is 32.2. The molecule has 42 heavy (non-hydrogen) atoms. The number of fused-ring (bicyclic) bond motifs is 1. The molecule has 0 fully saturated rings. The molecule has 0 radical (unpaired) electrons. The van der Waals surface area contributed by atoms with E-state index in [2.05, 4.69) is 15.9 Å². The summed E-state index contributed by atoms with van der Waals surface area (Å²) in [5, 5.41) is 36.3. The smallest absolute Gasteiger partial charge is 0.337 e. The summed E-state index contributed by atoms with van der Waals surface area (Å²) in [5.74, 6) is -3.17. The molecule has 0 saturated carbocycles. The van der Waals surface area contributed by atoms with Crippen molar-refractivity contribution in [1.82, 2.24) is 10.6 Å². The van der Waals surface area contributed by atoms with Crippen LogP contribution in [-0.2, 0) is 9.59 Å². The van der Waals surface area contributed by atoms with E-state index in [0.717, 1.165) is 11.1 Å². The maximum Gasteiger partial charge on any atom is 0.337 e. The molecule has 0 saturated heterocycles. The largest absolute Gasteiger partial charge is 0.480 e. The Hall–Kier alpha value is -5.19. The van der Waals surface area contributed by atoms with E-state index >= 15 is 0 Å². The Balaban J connectivity index is 1.81. The van der Waals surface area contributed by atoms with Crippen LogP contribution in [0.25, 0.3) is 22.1 Å². The van der Waals surface area contributed by atoms with Gasteiger partial charge in [0.05, 0.1) is 34.0 Å². The number of nitriles is 1. The van der Waals surface area contributed by atoms with Crippen molar-refractivity contribution in [3.05, 3.63) is 77.5 Å². The first kappa shape index (κ1) is 29.8. The molecule has 0 aliphatic heterocycles. The molecule has 0 spiro atoms. The Morgan fingerprint density at radius 3 is 2.45 bits per heavy atom. The van der Waals surface area contributed by atoms with E-state index < -0.39 is 29.8 Å². The first-order valence-corrected chi connectivity index (χ1v) is 13.9. The summed E-state index contributed by atoms with van der Waals surface area (Å²) in [6.07, 6.45) is 2.11. The molecule has 0 bridgehead atoms. The van der Waals surface area contributed by atoms with Crippen LogP contribution in [-0.4, -0.2) is 57.2 Å². The summed E-state index contributed by atoms with van der Waals surface area (Å²) in [5.41, 5.74) is 3.99. The average Bonchev–Trinajstić information content (AvgIpc) is 3.40. The summed E-state index contributed by atoms with van der Waals surface area (Å²) in [4.78, 5) is 49.8. The van der Waals surface area contributed by atoms with Crippen LogP contribution in [0.3, 0.4) is 0 Å². The second-order valence-electron chi connectivity index (χ2n) is 9.05. The van der Waals surface area contributed by atoms with Crippen LogP contribution in [0.5, 0.6) is 0 Å². The molecular formula is C29H25N5O7S. The van der Waals surface area contributed by atoms with E-state index in [4.69, 9.17) is 9.78 Å². The molecule has 0 aliphatic carbocycles. The molecule has 1 atom stereocenters. The lowest BCUT2D eigenvalue weighted by Crippen LogP contribution is -2.51. The lowest BCUT2D eigenvalue weighted by Gasteiger charge is -2.28. The molecule has 1 aromatic heterocycles. The second kappa shape index (κ2) is 13.0. The molecule has 4 rings (SSSR count). The number of anilines is 2. The molecule has 12 nitrogen and oxygen atoms in total. The molecule has 2 amide bonds. The van der Waals surface area contributed by atoms with Crippen molar-refractivity contribution in [2.75, 3.05) is 22.3 Å². The number of aromatic nitrogens is 1. The topological polar surface area (TPSA) is 186 Å². The number of hydrogen-bond acceptors (Lipinski definition) is 9. The van der Waals surface area contributed by atoms with Gasteiger partial charge in [0.1, 0.15) is 6.04 Å². The van der Waals surface area contributed by atoms with Gasteiger partial charge in [-0.15, -0.1) is 0 Å². The first-order chi connectivity index (χ1) is 20.1. The number of hydrogen-bond donors (Lipinski definition) is 4. The van der Waals surface area contributed by atoms with E-state index in [1.807, 2.05) is 18.4 Å². The number of rotatable bonds is 11. The predicted octanol–water partition coefficient (Wildman–Crippen LogP) is 4.38. The van der Waals surface area contributed by atoms with E-state index in [9.17, 15) is 29.4 Å². The summed E-state index contributed by atoms with van der Waals surface area (Å²) in [6, 6.07) is 16.6. The van der Waals surface area contributed by atoms with Gasteiger partial charge in [-0.25, -0.2) is 15.2 Å². The number of aromatic carboxylic acids is 1. The number of nitrogens with zero attached hydrogens (tertiary/aromatic N) is 3. The van der Waals surface area contributed by atoms with Gasteiger partial charge in [-0.2, -0.15) is 17.0 Å². The quantitative estimate of drug-likeness (QED) is 0.182. The Kier molecular flexibility index (Phi) is 9.21. The zero-order valence-corrected chi connectivity index (χ0v) is 23.3. The van der Waals surface area contributed by atoms with Crippen molar-refractivity contribution in [3.8, 4) is 17.2 Å². The van der Waals surface area contributed by atoms with Crippen LogP contribution in [0.2, 0.25) is 0 Å². The first-order valence-electron chi connectivity index (χ1n) is 12.5. The highest BCUT2D eigenvalue weighted by molar-refractivity contribution is 7.98. The van der Waals surface area contributed by atoms with Gasteiger partial charge in [0, 0.05) is 18.6 Å². The third kappa shape index (κ3) is 6.41. The number of carbonyl (C=O) groups is 4. The highest BCUT2D eigenvalue weighted by Gasteiger charge is 2.27. The molecule has 0 aliphatic rings. The van der Waals surface area contributed by atoms with Crippen LogP contribution >= 0.6 is 11.8 Å². The van der Waals surface area contributed by atoms with E-state index in [-0.39, 0.29) is 45.6 Å². The maximum absolute atomic E-state index is 13.3. The summed E-state index contributed by atoms with van der Waals surface area (Å²) >= 11 is 1.48. The molecule has 3 aromatic carbocycles. The minimum Gasteiger partial charge on any atom is -0.480 e. The zero-order chi connectivity index (χ0) is 30.4. The minimum absolute atomic E-state index is 0.0422. The Labute approximate surface area is 243 Å². The van der Waals surface area contributed by atoms with Crippen LogP contribution in [0.4, 0.5) is 11.4 Å². The average molecular weight is 588 g/mol. The number of thioether (sulfide) groups is 1. The zero-order valence-electron chi connectivity index (χ0n) is 22.5. The van der Waals surface area contributed by atoms with Gasteiger partial charge in [-0.3, -0.25) is 14.4 Å². The fraction of sp³-hybridized carbons (Fsp3) is 0.172. The number of carboxylic acid groups (broad SMARTS) is 2. The Bertz CT molecular complexity index is 1710. The van der Waals surface area contributed by atoms with Crippen molar-refractivity contribution in [2.45, 2.75) is 19.4 Å². The monoisotopic (exact) mass is 587 g/mol. The molecule has 13 heteroatoms. The SMILES string of the molecule is CSCC[C@H](NN(C(C)=O)c1cc2onc(C(=O)Nc3ccc(C#N)cc3C(=O)O)c2cc1-c1ccccc1)C(=O)O. The Morgan fingerprint density at radius 1 is 1.10 bits per heavy atom. The number of hydrazine groups is 1. The van der Waals surface area contributed by atoms with Crippen LogP contribution in [0.15, 0.2) is 65.2 Å². The van der Waals surface area contributed by atoms with E-state index in [0.29, 0.717) is 16.9 Å². The minimum atomic E-state index is -1.34. The van der Waals surface area contributed by atoms with E-state index in [1.165, 1.54) is 36.9 Å². The number of carbonyl (C=O) groups excluding carboxylic acids is 2. The van der Waals surface area contributed by atoms with Gasteiger partial charge in [0.15, 0.2) is 11.3 Å². The summed E-state index contributed by atoms with van der Waals surface area (Å²) < 4.78 is 5.45. The normalized spacial score (nSPS) is 11.5. The van der Waals surface area contributed by atoms with Gasteiger partial charge in [-0.1, -0.05) is 35.5 Å². The second-order valence-corrected chi connectivity index (χ2v) is 10.0. The number of benzene rings is 3. The van der Waals surface area contributed by atoms with Crippen molar-refractivity contribution in [2.24, 2.45) is 0 Å². The fourth-order valence-electron chi connectivity index (χ4n) is 4.22. The summed E-state index contributed by atoms with van der Waals surface area (Å²) in [6.45, 7) is 1.29. The third-order valence-electron chi connectivity index (χ3n) is 6.26. The number of carboxylic acids is 2. The number of aliphatic carboxylic acids is 1. The van der Waals surface area contributed by atoms with E-state index in [1.54, 1.807) is 30.3 Å². The van der Waals surface area contributed by atoms with Crippen LogP contribution in [0, 0.1) is 11.3 Å². The molecule has 4 N–H and O–H groups in total. The van der Waals surface area contributed by atoms with Gasteiger partial charge >= 0.3 is 11.9 Å². The molecule has 4 aromatic rings. The lowest BCUT2D eigenvalue weighted by atomic mass is 10.00. The molecular weight excluding hydrogens is 562 g/mol. The number of amides is 2. The van der Waals surface area contributed by atoms with Crippen molar-refractivity contribution in [1.29, 1.82) is 5.26 Å². The van der Waals surface area contributed by atoms with Gasteiger partial charge in [-0.05, 0) is 48.3 Å². The third-order valence-corrected chi connectivity index (χ3v) is 6.91. The van der Waals surface area contributed by atoms with Gasteiger partial charge < -0.3 is 20.1 Å². The predicted molar refractivity (Wildman–Crippen MR) is 156 cm³/mol. The molecule has 0 unspecified atom stereocenters. The van der Waals surface area contributed by atoms with Crippen molar-refractivity contribution >= 4 is 57.9 Å². The highest BCUT2D eigenvalue weighted by Crippen LogP contribution is 2.36. The van der Waals surface area contributed by atoms with Gasteiger partial charge in [0.2, 0.25) is 5.91 Å². The fourth-order valence-corrected chi connectivity index (χ4v) is 4.69.